The number of imidazole rings is 1. The highest BCUT2D eigenvalue weighted by molar-refractivity contribution is 7.15. The number of ether oxygens (including phenoxy) is 1. The Morgan fingerprint density at radius 3 is 3.16 bits per heavy atom. The maximum absolute atomic E-state index is 11.6. The van der Waals surface area contributed by atoms with E-state index in [1.54, 1.807) is 11.3 Å². The Kier molecular flexibility index (Phi) is 3.52. The van der Waals surface area contributed by atoms with Crippen molar-refractivity contribution in [1.82, 2.24) is 14.3 Å². The fourth-order valence-corrected chi connectivity index (χ4v) is 2.91. The molecule has 0 spiro atoms. The van der Waals surface area contributed by atoms with Gasteiger partial charge >= 0.3 is 5.97 Å². The minimum Gasteiger partial charge on any atom is -0.465 e. The first kappa shape index (κ1) is 12.6. The lowest BCUT2D eigenvalue weighted by Crippen LogP contribution is -2.32. The zero-order valence-corrected chi connectivity index (χ0v) is 11.7. The van der Waals surface area contributed by atoms with Crippen molar-refractivity contribution in [2.24, 2.45) is 0 Å². The molecule has 0 aliphatic heterocycles. The number of aromatic nitrogens is 2. The van der Waals surface area contributed by atoms with Gasteiger partial charge in [-0.2, -0.15) is 0 Å². The molecule has 0 N–H and O–H groups in total. The molecule has 3 rings (SSSR count). The molecule has 5 nitrogen and oxygen atoms in total. The number of carbonyl (C=O) groups is 1. The van der Waals surface area contributed by atoms with E-state index in [1.165, 1.54) is 12.8 Å². The zero-order valence-electron chi connectivity index (χ0n) is 10.9. The molecule has 2 aromatic heterocycles. The number of carbonyl (C=O) groups excluding carboxylic acids is 1. The van der Waals surface area contributed by atoms with Gasteiger partial charge in [0.05, 0.1) is 18.8 Å². The number of nitrogens with zero attached hydrogens (tertiary/aromatic N) is 3. The van der Waals surface area contributed by atoms with Crippen LogP contribution in [0.5, 0.6) is 0 Å². The summed E-state index contributed by atoms with van der Waals surface area (Å²) in [6.45, 7) is 3.36. The number of rotatable bonds is 6. The Hall–Kier alpha value is -1.40. The van der Waals surface area contributed by atoms with E-state index >= 15 is 0 Å². The summed E-state index contributed by atoms with van der Waals surface area (Å²) in [6, 6.07) is 0.518. The maximum Gasteiger partial charge on any atom is 0.320 e. The van der Waals surface area contributed by atoms with Crippen molar-refractivity contribution in [2.45, 2.75) is 32.4 Å². The largest absolute Gasteiger partial charge is 0.465 e. The number of esters is 1. The molecule has 0 unspecified atom stereocenters. The molecule has 102 valence electrons. The molecule has 0 saturated heterocycles. The van der Waals surface area contributed by atoms with Gasteiger partial charge in [0.15, 0.2) is 4.96 Å². The van der Waals surface area contributed by atoms with Crippen LogP contribution in [0.25, 0.3) is 4.96 Å². The predicted molar refractivity (Wildman–Crippen MR) is 73.1 cm³/mol. The second-order valence-electron chi connectivity index (χ2n) is 4.77. The van der Waals surface area contributed by atoms with E-state index in [0.717, 1.165) is 17.2 Å². The van der Waals surface area contributed by atoms with Crippen LogP contribution in [0.15, 0.2) is 17.8 Å². The van der Waals surface area contributed by atoms with Gasteiger partial charge in [0.1, 0.15) is 0 Å². The van der Waals surface area contributed by atoms with Gasteiger partial charge in [-0.3, -0.25) is 14.1 Å². The Morgan fingerprint density at radius 1 is 1.63 bits per heavy atom. The van der Waals surface area contributed by atoms with Crippen LogP contribution in [0.3, 0.4) is 0 Å². The third-order valence-corrected chi connectivity index (χ3v) is 3.98. The van der Waals surface area contributed by atoms with Gasteiger partial charge < -0.3 is 4.74 Å². The minimum absolute atomic E-state index is 0.143. The molecule has 19 heavy (non-hydrogen) atoms. The van der Waals surface area contributed by atoms with Crippen LogP contribution in [0, 0.1) is 0 Å². The fourth-order valence-electron chi connectivity index (χ4n) is 2.19. The lowest BCUT2D eigenvalue weighted by molar-refractivity contribution is -0.144. The minimum atomic E-state index is -0.143. The van der Waals surface area contributed by atoms with Crippen molar-refractivity contribution in [3.05, 3.63) is 23.5 Å². The fraction of sp³-hybridized carbons (Fsp3) is 0.538. The average molecular weight is 279 g/mol. The van der Waals surface area contributed by atoms with Gasteiger partial charge in [0.2, 0.25) is 0 Å². The molecule has 1 aliphatic rings. The summed E-state index contributed by atoms with van der Waals surface area (Å²) < 4.78 is 7.05. The summed E-state index contributed by atoms with van der Waals surface area (Å²) in [4.78, 5) is 19.3. The molecule has 2 aromatic rings. The lowest BCUT2D eigenvalue weighted by atomic mass is 10.4. The molecule has 0 bridgehead atoms. The monoisotopic (exact) mass is 279 g/mol. The second kappa shape index (κ2) is 5.30. The quantitative estimate of drug-likeness (QED) is 0.758. The van der Waals surface area contributed by atoms with Crippen LogP contribution in [-0.2, 0) is 16.1 Å². The molecule has 0 atom stereocenters. The summed E-state index contributed by atoms with van der Waals surface area (Å²) in [5.41, 5.74) is 1.02. The summed E-state index contributed by atoms with van der Waals surface area (Å²) >= 11 is 1.62. The SMILES string of the molecule is CCOC(=O)CN(Cc1cn2ccsc2n1)C1CC1. The molecule has 6 heteroatoms. The number of hydrogen-bond donors (Lipinski definition) is 0. The highest BCUT2D eigenvalue weighted by atomic mass is 32.1. The first-order chi connectivity index (χ1) is 9.26. The van der Waals surface area contributed by atoms with Gasteiger partial charge in [0, 0.05) is 30.4 Å². The van der Waals surface area contributed by atoms with E-state index in [4.69, 9.17) is 4.74 Å². The summed E-state index contributed by atoms with van der Waals surface area (Å²) in [5.74, 6) is -0.143. The maximum atomic E-state index is 11.6. The van der Waals surface area contributed by atoms with Crippen LogP contribution in [-0.4, -0.2) is 39.4 Å². The van der Waals surface area contributed by atoms with Gasteiger partial charge in [-0.1, -0.05) is 0 Å². The third-order valence-electron chi connectivity index (χ3n) is 3.21. The van der Waals surface area contributed by atoms with Crippen molar-refractivity contribution in [2.75, 3.05) is 13.2 Å². The van der Waals surface area contributed by atoms with Crippen molar-refractivity contribution in [1.29, 1.82) is 0 Å². The molecule has 2 heterocycles. The first-order valence-corrected chi connectivity index (χ1v) is 7.45. The normalized spacial score (nSPS) is 15.3. The Bertz CT molecular complexity index is 545. The highest BCUT2D eigenvalue weighted by Gasteiger charge is 2.31. The van der Waals surface area contributed by atoms with Gasteiger partial charge in [-0.05, 0) is 19.8 Å². The van der Waals surface area contributed by atoms with Crippen LogP contribution < -0.4 is 0 Å². The predicted octanol–water partition coefficient (Wildman–Crippen LogP) is 1.92. The molecule has 1 aliphatic carbocycles. The first-order valence-electron chi connectivity index (χ1n) is 6.57. The van der Waals surface area contributed by atoms with Crippen LogP contribution in [0.2, 0.25) is 0 Å². The molecular formula is C13H17N3O2S. The lowest BCUT2D eigenvalue weighted by Gasteiger charge is -2.19. The van der Waals surface area contributed by atoms with Crippen molar-refractivity contribution in [3.63, 3.8) is 0 Å². The van der Waals surface area contributed by atoms with Gasteiger partial charge in [0.25, 0.3) is 0 Å². The van der Waals surface area contributed by atoms with Crippen molar-refractivity contribution >= 4 is 22.3 Å². The second-order valence-corrected chi connectivity index (χ2v) is 5.64. The van der Waals surface area contributed by atoms with Crippen LogP contribution >= 0.6 is 11.3 Å². The molecule has 0 radical (unpaired) electrons. The number of thiazole rings is 1. The molecule has 1 saturated carbocycles. The number of hydrogen-bond acceptors (Lipinski definition) is 5. The van der Waals surface area contributed by atoms with Crippen molar-refractivity contribution in [3.8, 4) is 0 Å². The summed E-state index contributed by atoms with van der Waals surface area (Å²) in [5, 5.41) is 2.02. The average Bonchev–Trinajstić information content (AvgIpc) is 3.01. The van der Waals surface area contributed by atoms with Gasteiger partial charge in [-0.15, -0.1) is 11.3 Å². The Morgan fingerprint density at radius 2 is 2.47 bits per heavy atom. The van der Waals surface area contributed by atoms with Gasteiger partial charge in [-0.25, -0.2) is 4.98 Å². The Balaban J connectivity index is 1.67. The van der Waals surface area contributed by atoms with E-state index in [9.17, 15) is 4.79 Å². The molecule has 0 amide bonds. The Labute approximate surface area is 115 Å². The topological polar surface area (TPSA) is 46.8 Å². The van der Waals surface area contributed by atoms with Crippen LogP contribution in [0.4, 0.5) is 0 Å². The van der Waals surface area contributed by atoms with E-state index in [0.29, 0.717) is 19.2 Å². The number of fused-ring (bicyclic) bond motifs is 1. The molecule has 0 aromatic carbocycles. The standard InChI is InChI=1S/C13H17N3O2S/c1-2-18-12(17)9-16(11-3-4-11)8-10-7-15-5-6-19-13(15)14-10/h5-7,11H,2-4,8-9H2,1H3. The van der Waals surface area contributed by atoms with E-state index < -0.39 is 0 Å². The molecule has 1 fully saturated rings. The van der Waals surface area contributed by atoms with Crippen LogP contribution in [0.1, 0.15) is 25.5 Å². The van der Waals surface area contributed by atoms with E-state index in [1.807, 2.05) is 29.1 Å². The third kappa shape index (κ3) is 2.96. The zero-order chi connectivity index (χ0) is 13.2. The van der Waals surface area contributed by atoms with Crippen molar-refractivity contribution < 1.29 is 9.53 Å². The highest BCUT2D eigenvalue weighted by Crippen LogP contribution is 2.28. The summed E-state index contributed by atoms with van der Waals surface area (Å²) in [6.07, 6.45) is 6.37. The molecular weight excluding hydrogens is 262 g/mol. The smallest absolute Gasteiger partial charge is 0.320 e. The van der Waals surface area contributed by atoms with E-state index in [2.05, 4.69) is 9.88 Å². The van der Waals surface area contributed by atoms with E-state index in [-0.39, 0.29) is 5.97 Å². The summed E-state index contributed by atoms with van der Waals surface area (Å²) in [7, 11) is 0.